The standard InChI is InChI=1S/C14H24/c1-8-9(2)13-11-6-5-7-14(11,4)10(3)12(8)13/h8-13H,5-7H2,1-4H3. The quantitative estimate of drug-likeness (QED) is 0.545. The van der Waals surface area contributed by atoms with E-state index in [4.69, 9.17) is 0 Å². The highest BCUT2D eigenvalue weighted by molar-refractivity contribution is 5.13. The van der Waals surface area contributed by atoms with Crippen molar-refractivity contribution < 1.29 is 0 Å². The monoisotopic (exact) mass is 192 g/mol. The molecule has 0 nitrogen and oxygen atoms in total. The minimum Gasteiger partial charge on any atom is -0.0620 e. The summed E-state index contributed by atoms with van der Waals surface area (Å²) in [7, 11) is 0. The molecule has 0 N–H and O–H groups in total. The topological polar surface area (TPSA) is 0 Å². The largest absolute Gasteiger partial charge is 0.0620 e. The van der Waals surface area contributed by atoms with Crippen molar-refractivity contribution in [2.24, 2.45) is 40.9 Å². The molecule has 0 aromatic rings. The fourth-order valence-corrected chi connectivity index (χ4v) is 5.54. The number of hydrogen-bond acceptors (Lipinski definition) is 0. The smallest absolute Gasteiger partial charge is 0.0266 e. The van der Waals surface area contributed by atoms with Crippen LogP contribution in [-0.4, -0.2) is 0 Å². The Morgan fingerprint density at radius 3 is 2.36 bits per heavy atom. The summed E-state index contributed by atoms with van der Waals surface area (Å²) in [5, 5.41) is 0. The lowest BCUT2D eigenvalue weighted by atomic mass is 9.56. The Balaban J connectivity index is 1.96. The molecule has 3 fully saturated rings. The first-order valence-corrected chi connectivity index (χ1v) is 6.57. The number of fused-ring (bicyclic) bond motifs is 3. The van der Waals surface area contributed by atoms with E-state index in [1.54, 1.807) is 6.42 Å². The van der Waals surface area contributed by atoms with Gasteiger partial charge in [-0.25, -0.2) is 0 Å². The predicted octanol–water partition coefficient (Wildman–Crippen LogP) is 3.96. The fourth-order valence-electron chi connectivity index (χ4n) is 5.54. The van der Waals surface area contributed by atoms with E-state index in [1.807, 2.05) is 0 Å². The summed E-state index contributed by atoms with van der Waals surface area (Å²) in [4.78, 5) is 0. The molecule has 14 heavy (non-hydrogen) atoms. The van der Waals surface area contributed by atoms with Crippen molar-refractivity contribution in [3.05, 3.63) is 0 Å². The summed E-state index contributed by atoms with van der Waals surface area (Å²) in [5.74, 6) is 6.32. The van der Waals surface area contributed by atoms with E-state index in [9.17, 15) is 0 Å². The average Bonchev–Trinajstić information content (AvgIpc) is 2.61. The van der Waals surface area contributed by atoms with Crippen LogP contribution >= 0.6 is 0 Å². The predicted molar refractivity (Wildman–Crippen MR) is 59.9 cm³/mol. The van der Waals surface area contributed by atoms with Crippen LogP contribution in [0.15, 0.2) is 0 Å². The molecular weight excluding hydrogens is 168 g/mol. The van der Waals surface area contributed by atoms with Crippen molar-refractivity contribution in [2.75, 3.05) is 0 Å². The van der Waals surface area contributed by atoms with Gasteiger partial charge in [0.25, 0.3) is 0 Å². The van der Waals surface area contributed by atoms with E-state index in [0.29, 0.717) is 0 Å². The zero-order valence-corrected chi connectivity index (χ0v) is 10.1. The van der Waals surface area contributed by atoms with E-state index < -0.39 is 0 Å². The Bertz CT molecular complexity index is 257. The van der Waals surface area contributed by atoms with Gasteiger partial charge in [-0.3, -0.25) is 0 Å². The van der Waals surface area contributed by atoms with E-state index >= 15 is 0 Å². The van der Waals surface area contributed by atoms with E-state index in [2.05, 4.69) is 27.7 Å². The highest BCUT2D eigenvalue weighted by Gasteiger charge is 2.65. The first kappa shape index (κ1) is 9.24. The second-order valence-corrected chi connectivity index (χ2v) is 6.67. The van der Waals surface area contributed by atoms with Gasteiger partial charge in [-0.1, -0.05) is 34.1 Å². The highest BCUT2D eigenvalue weighted by atomic mass is 14.7. The Hall–Kier alpha value is 0. The SMILES string of the molecule is CC1C(C)C2C1C(C)C1(C)CCCC21. The molecule has 3 aliphatic rings. The Kier molecular flexibility index (Phi) is 1.70. The normalized spacial score (nSPS) is 66.0. The highest BCUT2D eigenvalue weighted by Crippen LogP contribution is 2.71. The number of hydrogen-bond donors (Lipinski definition) is 0. The van der Waals surface area contributed by atoms with Gasteiger partial charge in [0.2, 0.25) is 0 Å². The summed E-state index contributed by atoms with van der Waals surface area (Å²) >= 11 is 0. The Morgan fingerprint density at radius 2 is 1.64 bits per heavy atom. The maximum absolute atomic E-state index is 2.59. The molecule has 0 radical (unpaired) electrons. The van der Waals surface area contributed by atoms with Crippen LogP contribution in [0.2, 0.25) is 0 Å². The first-order chi connectivity index (χ1) is 6.57. The van der Waals surface area contributed by atoms with E-state index in [-0.39, 0.29) is 0 Å². The van der Waals surface area contributed by atoms with Gasteiger partial charge in [0.15, 0.2) is 0 Å². The maximum Gasteiger partial charge on any atom is -0.0266 e. The average molecular weight is 192 g/mol. The second-order valence-electron chi connectivity index (χ2n) is 6.67. The molecule has 0 heterocycles. The molecule has 0 aromatic heterocycles. The third kappa shape index (κ3) is 0.785. The first-order valence-electron chi connectivity index (χ1n) is 6.57. The van der Waals surface area contributed by atoms with Gasteiger partial charge in [-0.2, -0.15) is 0 Å². The van der Waals surface area contributed by atoms with Crippen molar-refractivity contribution in [2.45, 2.75) is 47.0 Å². The van der Waals surface area contributed by atoms with Crippen molar-refractivity contribution in [3.8, 4) is 0 Å². The van der Waals surface area contributed by atoms with Crippen LogP contribution < -0.4 is 0 Å². The molecule has 7 unspecified atom stereocenters. The Morgan fingerprint density at radius 1 is 1.00 bits per heavy atom. The summed E-state index contributed by atoms with van der Waals surface area (Å²) in [6, 6.07) is 0. The van der Waals surface area contributed by atoms with Gasteiger partial charge in [0, 0.05) is 0 Å². The summed E-state index contributed by atoms with van der Waals surface area (Å²) in [6.45, 7) is 10.1. The zero-order valence-electron chi connectivity index (χ0n) is 10.1. The van der Waals surface area contributed by atoms with E-state index in [1.165, 1.54) is 12.8 Å². The molecule has 3 rings (SSSR count). The van der Waals surface area contributed by atoms with Crippen LogP contribution in [-0.2, 0) is 0 Å². The fraction of sp³-hybridized carbons (Fsp3) is 1.00. The van der Waals surface area contributed by atoms with Crippen molar-refractivity contribution in [1.29, 1.82) is 0 Å². The van der Waals surface area contributed by atoms with Gasteiger partial charge in [0.1, 0.15) is 0 Å². The third-order valence-electron chi connectivity index (χ3n) is 6.65. The molecule has 3 aliphatic carbocycles. The van der Waals surface area contributed by atoms with Gasteiger partial charge in [-0.05, 0) is 53.8 Å². The van der Waals surface area contributed by atoms with Crippen LogP contribution in [0.25, 0.3) is 0 Å². The zero-order chi connectivity index (χ0) is 10.1. The summed E-state index contributed by atoms with van der Waals surface area (Å²) in [5.41, 5.74) is 0.731. The van der Waals surface area contributed by atoms with Crippen LogP contribution in [0.1, 0.15) is 47.0 Å². The van der Waals surface area contributed by atoms with Crippen molar-refractivity contribution in [3.63, 3.8) is 0 Å². The maximum atomic E-state index is 2.59. The second kappa shape index (κ2) is 2.57. The van der Waals surface area contributed by atoms with Gasteiger partial charge >= 0.3 is 0 Å². The molecule has 7 atom stereocenters. The lowest BCUT2D eigenvalue weighted by Gasteiger charge is -2.49. The summed E-state index contributed by atoms with van der Waals surface area (Å²) in [6.07, 6.45) is 4.57. The third-order valence-corrected chi connectivity index (χ3v) is 6.65. The lowest BCUT2D eigenvalue weighted by molar-refractivity contribution is -0.0148. The molecule has 0 spiro atoms. The molecule has 0 aromatic carbocycles. The van der Waals surface area contributed by atoms with Crippen molar-refractivity contribution >= 4 is 0 Å². The van der Waals surface area contributed by atoms with Crippen LogP contribution in [0.3, 0.4) is 0 Å². The van der Waals surface area contributed by atoms with Crippen LogP contribution in [0.5, 0.6) is 0 Å². The minimum absolute atomic E-state index is 0.731. The minimum atomic E-state index is 0.731. The molecule has 0 saturated heterocycles. The number of rotatable bonds is 0. The molecule has 0 bridgehead atoms. The molecule has 0 heteroatoms. The lowest BCUT2D eigenvalue weighted by Crippen LogP contribution is -2.44. The van der Waals surface area contributed by atoms with Gasteiger partial charge < -0.3 is 0 Å². The Labute approximate surface area is 88.5 Å². The van der Waals surface area contributed by atoms with Gasteiger partial charge in [-0.15, -0.1) is 0 Å². The van der Waals surface area contributed by atoms with Crippen LogP contribution in [0.4, 0.5) is 0 Å². The molecule has 80 valence electrons. The summed E-state index contributed by atoms with van der Waals surface area (Å²) < 4.78 is 0. The van der Waals surface area contributed by atoms with E-state index in [0.717, 1.165) is 40.9 Å². The molecular formula is C14H24. The van der Waals surface area contributed by atoms with Crippen LogP contribution in [0, 0.1) is 40.9 Å². The van der Waals surface area contributed by atoms with Crippen molar-refractivity contribution in [1.82, 2.24) is 0 Å². The molecule has 0 aliphatic heterocycles. The molecule has 3 saturated carbocycles. The van der Waals surface area contributed by atoms with Gasteiger partial charge in [0.05, 0.1) is 0 Å². The molecule has 0 amide bonds.